The molecule has 2 aliphatic rings. The molecule has 0 unspecified atom stereocenters. The molecule has 3 heterocycles. The molecule has 3 aromatic rings. The zero-order chi connectivity index (χ0) is 23.5. The van der Waals surface area contributed by atoms with Gasteiger partial charge in [0.1, 0.15) is 5.58 Å². The smallest absolute Gasteiger partial charge is 0.231 e. The number of carbonyl (C=O) groups excluding carboxylic acids is 1. The maximum Gasteiger partial charge on any atom is 0.231 e. The Morgan fingerprint density at radius 1 is 1.03 bits per heavy atom. The van der Waals surface area contributed by atoms with Crippen molar-refractivity contribution in [2.75, 3.05) is 49.7 Å². The van der Waals surface area contributed by atoms with Crippen molar-refractivity contribution in [2.24, 2.45) is 0 Å². The highest BCUT2D eigenvalue weighted by Crippen LogP contribution is 2.35. The van der Waals surface area contributed by atoms with Crippen molar-refractivity contribution in [3.63, 3.8) is 0 Å². The summed E-state index contributed by atoms with van der Waals surface area (Å²) in [5.74, 6) is 1.15. The van der Waals surface area contributed by atoms with Crippen LogP contribution in [-0.4, -0.2) is 50.3 Å². The summed E-state index contributed by atoms with van der Waals surface area (Å²) in [5.41, 5.74) is 3.20. The minimum atomic E-state index is -0.0597. The molecule has 0 atom stereocenters. The lowest BCUT2D eigenvalue weighted by molar-refractivity contribution is -0.114. The Morgan fingerprint density at radius 2 is 1.82 bits per heavy atom. The topological polar surface area (TPSA) is 84.3 Å². The number of fused-ring (bicyclic) bond motifs is 2. The molecule has 2 aromatic carbocycles. The number of nitrogens with zero attached hydrogens (tertiary/aromatic N) is 2. The monoisotopic (exact) mass is 463 g/mol. The number of benzene rings is 2. The second-order valence-corrected chi connectivity index (χ2v) is 8.81. The highest BCUT2D eigenvalue weighted by molar-refractivity contribution is 5.89. The lowest BCUT2D eigenvalue weighted by Crippen LogP contribution is -2.46. The van der Waals surface area contributed by atoms with Crippen molar-refractivity contribution < 1.29 is 18.7 Å². The first-order chi connectivity index (χ1) is 16.6. The summed E-state index contributed by atoms with van der Waals surface area (Å²) in [6.45, 7) is 6.60. The van der Waals surface area contributed by atoms with Crippen LogP contribution in [0.5, 0.6) is 11.5 Å². The summed E-state index contributed by atoms with van der Waals surface area (Å²) in [7, 11) is 0. The highest BCUT2D eigenvalue weighted by Gasteiger charge is 2.19. The first-order valence-electron chi connectivity index (χ1n) is 11.8. The van der Waals surface area contributed by atoms with E-state index in [1.54, 1.807) is 18.4 Å². The first-order valence-corrected chi connectivity index (χ1v) is 11.8. The van der Waals surface area contributed by atoms with E-state index in [0.29, 0.717) is 34.5 Å². The average Bonchev–Trinajstić information content (AvgIpc) is 3.30. The summed E-state index contributed by atoms with van der Waals surface area (Å²) in [4.78, 5) is 29.0. The number of nitrogens with one attached hydrogen (secondary N) is 1. The van der Waals surface area contributed by atoms with Crippen LogP contribution in [-0.2, 0) is 11.2 Å². The van der Waals surface area contributed by atoms with Crippen molar-refractivity contribution in [3.8, 4) is 11.5 Å². The Bertz CT molecular complexity index is 1250. The molecule has 1 aromatic heterocycles. The lowest BCUT2D eigenvalue weighted by atomic mass is 10.1. The summed E-state index contributed by atoms with van der Waals surface area (Å²) >= 11 is 0. The van der Waals surface area contributed by atoms with E-state index < -0.39 is 0 Å². The number of amides is 1. The van der Waals surface area contributed by atoms with Gasteiger partial charge in [0, 0.05) is 56.1 Å². The molecule has 2 aliphatic heterocycles. The molecule has 178 valence electrons. The molecular formula is C26H29N3O5. The van der Waals surface area contributed by atoms with Gasteiger partial charge in [-0.25, -0.2) is 0 Å². The molecule has 0 saturated carbocycles. The average molecular weight is 464 g/mol. The SMILES string of the molecule is CC(=O)Nc1cccc(N2CCN(CCCCc3coc4cc5c(cc4c3=O)OCO5)CC2)c1. The number of hydrogen-bond donors (Lipinski definition) is 1. The van der Waals surface area contributed by atoms with Gasteiger partial charge in [0.15, 0.2) is 16.9 Å². The maximum atomic E-state index is 12.9. The number of ether oxygens (including phenoxy) is 2. The second-order valence-electron chi connectivity index (χ2n) is 8.81. The maximum absolute atomic E-state index is 12.9. The van der Waals surface area contributed by atoms with Crippen LogP contribution < -0.4 is 25.1 Å². The molecule has 0 spiro atoms. The van der Waals surface area contributed by atoms with Gasteiger partial charge < -0.3 is 24.1 Å². The van der Waals surface area contributed by atoms with Gasteiger partial charge in [-0.1, -0.05) is 6.07 Å². The minimum Gasteiger partial charge on any atom is -0.464 e. The molecule has 5 rings (SSSR count). The van der Waals surface area contributed by atoms with E-state index >= 15 is 0 Å². The lowest BCUT2D eigenvalue weighted by Gasteiger charge is -2.36. The zero-order valence-electron chi connectivity index (χ0n) is 19.3. The van der Waals surface area contributed by atoms with Gasteiger partial charge in [0.05, 0.1) is 11.6 Å². The Labute approximate surface area is 198 Å². The molecule has 1 N–H and O–H groups in total. The molecule has 0 aliphatic carbocycles. The number of rotatable bonds is 7. The van der Waals surface area contributed by atoms with Crippen LogP contribution in [0.3, 0.4) is 0 Å². The number of unbranched alkanes of at least 4 members (excludes halogenated alkanes) is 1. The summed E-state index contributed by atoms with van der Waals surface area (Å²) < 4.78 is 16.5. The number of piperazine rings is 1. The fourth-order valence-corrected chi connectivity index (χ4v) is 4.60. The van der Waals surface area contributed by atoms with Crippen LogP contribution in [0.25, 0.3) is 11.0 Å². The van der Waals surface area contributed by atoms with Gasteiger partial charge in [-0.15, -0.1) is 0 Å². The van der Waals surface area contributed by atoms with E-state index in [-0.39, 0.29) is 18.1 Å². The van der Waals surface area contributed by atoms with Crippen molar-refractivity contribution in [1.29, 1.82) is 0 Å². The zero-order valence-corrected chi connectivity index (χ0v) is 19.3. The summed E-state index contributed by atoms with van der Waals surface area (Å²) in [6.07, 6.45) is 4.24. The van der Waals surface area contributed by atoms with Crippen LogP contribution in [0.4, 0.5) is 11.4 Å². The third kappa shape index (κ3) is 4.87. The van der Waals surface area contributed by atoms with Crippen molar-refractivity contribution >= 4 is 28.3 Å². The highest BCUT2D eigenvalue weighted by atomic mass is 16.7. The van der Waals surface area contributed by atoms with Crippen molar-refractivity contribution in [3.05, 3.63) is 58.4 Å². The Morgan fingerprint density at radius 3 is 2.62 bits per heavy atom. The van der Waals surface area contributed by atoms with E-state index in [4.69, 9.17) is 13.9 Å². The van der Waals surface area contributed by atoms with Gasteiger partial charge in [0.2, 0.25) is 12.7 Å². The van der Waals surface area contributed by atoms with E-state index in [1.165, 1.54) is 6.92 Å². The van der Waals surface area contributed by atoms with Gasteiger partial charge in [0.25, 0.3) is 0 Å². The van der Waals surface area contributed by atoms with Gasteiger partial charge in [-0.2, -0.15) is 0 Å². The molecular weight excluding hydrogens is 434 g/mol. The number of hydrogen-bond acceptors (Lipinski definition) is 7. The van der Waals surface area contributed by atoms with Crippen LogP contribution in [0.1, 0.15) is 25.3 Å². The Balaban J connectivity index is 1.10. The van der Waals surface area contributed by atoms with Gasteiger partial charge in [-0.05, 0) is 50.1 Å². The third-order valence-corrected chi connectivity index (χ3v) is 6.41. The Kier molecular flexibility index (Phi) is 6.40. The van der Waals surface area contributed by atoms with Gasteiger partial charge in [-0.3, -0.25) is 14.5 Å². The molecule has 1 fully saturated rings. The number of aryl methyl sites for hydroxylation is 1. The molecule has 0 radical (unpaired) electrons. The van der Waals surface area contributed by atoms with E-state index in [2.05, 4.69) is 21.2 Å². The van der Waals surface area contributed by atoms with Crippen molar-refractivity contribution in [1.82, 2.24) is 4.90 Å². The van der Waals surface area contributed by atoms with Crippen LogP contribution >= 0.6 is 0 Å². The molecule has 1 amide bonds. The van der Waals surface area contributed by atoms with E-state index in [1.807, 2.05) is 18.2 Å². The number of anilines is 2. The number of carbonyl (C=O) groups is 1. The normalized spacial score (nSPS) is 15.6. The largest absolute Gasteiger partial charge is 0.464 e. The molecule has 0 bridgehead atoms. The fraction of sp³-hybridized carbons (Fsp3) is 0.385. The minimum absolute atomic E-state index is 0.00894. The molecule has 8 heteroatoms. The fourth-order valence-electron chi connectivity index (χ4n) is 4.60. The van der Waals surface area contributed by atoms with Crippen molar-refractivity contribution in [2.45, 2.75) is 26.2 Å². The predicted octanol–water partition coefficient (Wildman–Crippen LogP) is 3.63. The summed E-state index contributed by atoms with van der Waals surface area (Å²) in [6, 6.07) is 11.4. The predicted molar refractivity (Wildman–Crippen MR) is 131 cm³/mol. The first kappa shape index (κ1) is 22.3. The van der Waals surface area contributed by atoms with Gasteiger partial charge >= 0.3 is 0 Å². The van der Waals surface area contributed by atoms with Crippen LogP contribution in [0.15, 0.2) is 51.9 Å². The van der Waals surface area contributed by atoms with Crippen LogP contribution in [0.2, 0.25) is 0 Å². The molecule has 1 saturated heterocycles. The second kappa shape index (κ2) is 9.77. The molecule has 34 heavy (non-hydrogen) atoms. The van der Waals surface area contributed by atoms with E-state index in [9.17, 15) is 9.59 Å². The Hall–Kier alpha value is -3.52. The third-order valence-electron chi connectivity index (χ3n) is 6.41. The standard InChI is InChI=1S/C26H29N3O5/c1-18(30)27-20-6-4-7-21(13-20)29-11-9-28(10-12-29)8-3-2-5-19-16-32-23-15-25-24(33-17-34-25)14-22(23)26(19)31/h4,6-7,13-16H,2-3,5,8-12,17H2,1H3,(H,27,30). The molecule has 8 nitrogen and oxygen atoms in total. The quantitative estimate of drug-likeness (QED) is 0.536. The van der Waals surface area contributed by atoms with E-state index in [0.717, 1.165) is 56.9 Å². The van der Waals surface area contributed by atoms with Crippen LogP contribution in [0, 0.1) is 0 Å². The summed E-state index contributed by atoms with van der Waals surface area (Å²) in [5, 5.41) is 3.39.